The lowest BCUT2D eigenvalue weighted by atomic mass is 10.1. The van der Waals surface area contributed by atoms with Crippen LogP contribution in [0.5, 0.6) is 0 Å². The first kappa shape index (κ1) is 22.4. The smallest absolute Gasteiger partial charge is 0.387 e. The summed E-state index contributed by atoms with van der Waals surface area (Å²) in [4.78, 5) is 6.33. The largest absolute Gasteiger partial charge is 0.435 e. The van der Waals surface area contributed by atoms with Gasteiger partial charge in [-0.25, -0.2) is 4.99 Å². The second kappa shape index (κ2) is 9.57. The molecule has 1 fully saturated rings. The minimum atomic E-state index is -4.53. The summed E-state index contributed by atoms with van der Waals surface area (Å²) >= 11 is 0. The van der Waals surface area contributed by atoms with Crippen molar-refractivity contribution in [1.29, 1.82) is 0 Å². The molecule has 8 nitrogen and oxygen atoms in total. The van der Waals surface area contributed by atoms with Crippen molar-refractivity contribution in [1.82, 2.24) is 25.3 Å². The number of hydrogen-bond donors (Lipinski definition) is 3. The number of alkyl halides is 3. The fraction of sp³-hybridized carbons (Fsp3) is 0.765. The molecular weight excluding hydrogens is 377 g/mol. The van der Waals surface area contributed by atoms with E-state index < -0.39 is 17.5 Å². The quantitative estimate of drug-likeness (QED) is 0.454. The third-order valence-electron chi connectivity index (χ3n) is 4.23. The molecule has 1 atom stereocenters. The zero-order valence-electron chi connectivity index (χ0n) is 16.5. The van der Waals surface area contributed by atoms with Crippen LogP contribution in [0.1, 0.15) is 25.1 Å². The van der Waals surface area contributed by atoms with Gasteiger partial charge < -0.3 is 20.5 Å². The van der Waals surface area contributed by atoms with Crippen LogP contribution in [0.3, 0.4) is 0 Å². The van der Waals surface area contributed by atoms with Gasteiger partial charge in [-0.15, -0.1) is 0 Å². The molecule has 0 amide bonds. The molecule has 1 aliphatic rings. The van der Waals surface area contributed by atoms with E-state index in [1.54, 1.807) is 6.92 Å². The predicted octanol–water partition coefficient (Wildman–Crippen LogP) is 0.577. The molecule has 2 rings (SSSR count). The van der Waals surface area contributed by atoms with Gasteiger partial charge in [0, 0.05) is 51.5 Å². The Morgan fingerprint density at radius 1 is 1.32 bits per heavy atom. The zero-order valence-corrected chi connectivity index (χ0v) is 16.5. The third-order valence-corrected chi connectivity index (χ3v) is 4.23. The summed E-state index contributed by atoms with van der Waals surface area (Å²) in [5.41, 5.74) is -1.97. The lowest BCUT2D eigenvalue weighted by molar-refractivity contribution is -0.142. The van der Waals surface area contributed by atoms with Crippen LogP contribution in [0.2, 0.25) is 0 Å². The number of rotatable bonds is 7. The maximum Gasteiger partial charge on any atom is 0.435 e. The van der Waals surface area contributed by atoms with E-state index in [2.05, 4.69) is 25.6 Å². The number of aromatic nitrogens is 2. The molecule has 0 radical (unpaired) electrons. The highest BCUT2D eigenvalue weighted by Crippen LogP contribution is 2.30. The molecular formula is C17H29F3N6O2. The number of hydrogen-bond acceptors (Lipinski definition) is 5. The SMILES string of the molecule is CCNC(=NCc1cn(C)nc1C(F)(F)F)NCC(C)(O)CN1CCOCC1. The summed E-state index contributed by atoms with van der Waals surface area (Å²) in [5, 5.41) is 20.1. The van der Waals surface area contributed by atoms with Crippen molar-refractivity contribution >= 4 is 5.96 Å². The Hall–Kier alpha value is -1.85. The van der Waals surface area contributed by atoms with E-state index in [4.69, 9.17) is 4.74 Å². The van der Waals surface area contributed by atoms with Crippen molar-refractivity contribution in [3.63, 3.8) is 0 Å². The molecule has 0 aromatic carbocycles. The van der Waals surface area contributed by atoms with Gasteiger partial charge in [-0.2, -0.15) is 18.3 Å². The summed E-state index contributed by atoms with van der Waals surface area (Å²) < 4.78 is 45.6. The molecule has 28 heavy (non-hydrogen) atoms. The van der Waals surface area contributed by atoms with Crippen molar-refractivity contribution in [3.05, 3.63) is 17.5 Å². The molecule has 0 bridgehead atoms. The summed E-state index contributed by atoms with van der Waals surface area (Å²) in [5.74, 6) is 0.335. The van der Waals surface area contributed by atoms with E-state index in [1.165, 1.54) is 13.2 Å². The minimum absolute atomic E-state index is 0.00715. The van der Waals surface area contributed by atoms with Crippen LogP contribution in [-0.2, 0) is 24.5 Å². The van der Waals surface area contributed by atoms with E-state index >= 15 is 0 Å². The van der Waals surface area contributed by atoms with Crippen LogP contribution >= 0.6 is 0 Å². The van der Waals surface area contributed by atoms with E-state index in [1.807, 2.05) is 6.92 Å². The van der Waals surface area contributed by atoms with Crippen LogP contribution in [-0.4, -0.2) is 77.3 Å². The fourth-order valence-electron chi connectivity index (χ4n) is 2.97. The van der Waals surface area contributed by atoms with Gasteiger partial charge in [-0.05, 0) is 13.8 Å². The van der Waals surface area contributed by atoms with Crippen molar-refractivity contribution in [2.24, 2.45) is 12.0 Å². The summed E-state index contributed by atoms with van der Waals surface area (Å²) in [7, 11) is 1.44. The number of halogens is 3. The number of guanidine groups is 1. The van der Waals surface area contributed by atoms with Gasteiger partial charge in [0.05, 0.1) is 25.4 Å². The zero-order chi connectivity index (χ0) is 20.8. The second-order valence-corrected chi connectivity index (χ2v) is 7.11. The molecule has 11 heteroatoms. The first-order valence-electron chi connectivity index (χ1n) is 9.25. The van der Waals surface area contributed by atoms with Crippen LogP contribution in [0.15, 0.2) is 11.2 Å². The Kier molecular flexibility index (Phi) is 7.67. The highest BCUT2D eigenvalue weighted by molar-refractivity contribution is 5.79. The molecule has 3 N–H and O–H groups in total. The summed E-state index contributed by atoms with van der Waals surface area (Å²) in [6, 6.07) is 0. The second-order valence-electron chi connectivity index (χ2n) is 7.11. The van der Waals surface area contributed by atoms with Crippen molar-refractivity contribution in [2.45, 2.75) is 32.2 Å². The molecule has 1 saturated heterocycles. The number of aliphatic imine (C=N–C) groups is 1. The van der Waals surface area contributed by atoms with Gasteiger partial charge in [0.1, 0.15) is 0 Å². The maximum atomic E-state index is 13.1. The highest BCUT2D eigenvalue weighted by atomic mass is 19.4. The lowest BCUT2D eigenvalue weighted by Gasteiger charge is -2.34. The number of β-amino-alcohol motifs (C(OH)–C–C–N with tert-alkyl or cyclic N) is 1. The predicted molar refractivity (Wildman–Crippen MR) is 98.9 cm³/mol. The Bertz CT molecular complexity index is 654. The van der Waals surface area contributed by atoms with Gasteiger partial charge in [0.25, 0.3) is 0 Å². The van der Waals surface area contributed by atoms with Gasteiger partial charge >= 0.3 is 6.18 Å². The normalized spacial score (nSPS) is 18.8. The number of nitrogens with one attached hydrogen (secondary N) is 2. The highest BCUT2D eigenvalue weighted by Gasteiger charge is 2.36. The lowest BCUT2D eigenvalue weighted by Crippen LogP contribution is -2.52. The van der Waals surface area contributed by atoms with E-state index in [0.717, 1.165) is 17.8 Å². The van der Waals surface area contributed by atoms with Crippen LogP contribution in [0.4, 0.5) is 13.2 Å². The van der Waals surface area contributed by atoms with Crippen LogP contribution in [0.25, 0.3) is 0 Å². The molecule has 0 aliphatic carbocycles. The van der Waals surface area contributed by atoms with Crippen molar-refractivity contribution in [2.75, 3.05) is 45.9 Å². The molecule has 2 heterocycles. The van der Waals surface area contributed by atoms with Gasteiger partial charge in [-0.1, -0.05) is 0 Å². The number of aryl methyl sites for hydroxylation is 1. The Morgan fingerprint density at radius 2 is 2.00 bits per heavy atom. The van der Waals surface area contributed by atoms with Crippen molar-refractivity contribution in [3.8, 4) is 0 Å². The van der Waals surface area contributed by atoms with E-state index in [0.29, 0.717) is 32.3 Å². The number of aliphatic hydroxyl groups is 1. The van der Waals surface area contributed by atoms with E-state index in [-0.39, 0.29) is 18.7 Å². The molecule has 1 aliphatic heterocycles. The van der Waals surface area contributed by atoms with Gasteiger partial charge in [0.15, 0.2) is 11.7 Å². The Morgan fingerprint density at radius 3 is 2.61 bits per heavy atom. The molecule has 160 valence electrons. The van der Waals surface area contributed by atoms with Crippen LogP contribution < -0.4 is 10.6 Å². The molecule has 1 aromatic heterocycles. The minimum Gasteiger partial charge on any atom is -0.387 e. The first-order chi connectivity index (χ1) is 13.1. The molecule has 1 aromatic rings. The topological polar surface area (TPSA) is 86.9 Å². The number of ether oxygens (including phenoxy) is 1. The third kappa shape index (κ3) is 6.95. The van der Waals surface area contributed by atoms with Gasteiger partial charge in [0.2, 0.25) is 0 Å². The Balaban J connectivity index is 1.98. The fourth-order valence-corrected chi connectivity index (χ4v) is 2.97. The number of nitrogens with zero attached hydrogens (tertiary/aromatic N) is 4. The van der Waals surface area contributed by atoms with E-state index in [9.17, 15) is 18.3 Å². The Labute approximate surface area is 162 Å². The number of morpholine rings is 1. The first-order valence-corrected chi connectivity index (χ1v) is 9.25. The molecule has 1 unspecified atom stereocenters. The van der Waals surface area contributed by atoms with Crippen molar-refractivity contribution < 1.29 is 23.0 Å². The summed E-state index contributed by atoms with van der Waals surface area (Å²) in [6.07, 6.45) is -3.22. The van der Waals surface area contributed by atoms with Crippen LogP contribution in [0, 0.1) is 0 Å². The monoisotopic (exact) mass is 406 g/mol. The molecule has 0 saturated carbocycles. The standard InChI is InChI=1S/C17H29F3N6O2/c1-4-21-15(22-9-13-10-25(3)24-14(13)17(18,19)20)23-11-16(2,27)12-26-5-7-28-8-6-26/h10,27H,4-9,11-12H2,1-3H3,(H2,21,22,23). The maximum absolute atomic E-state index is 13.1. The molecule has 0 spiro atoms. The average molecular weight is 406 g/mol. The average Bonchev–Trinajstić information content (AvgIpc) is 2.99. The summed E-state index contributed by atoms with van der Waals surface area (Å²) in [6.45, 7) is 7.38. The van der Waals surface area contributed by atoms with Gasteiger partial charge in [-0.3, -0.25) is 9.58 Å².